The Morgan fingerprint density at radius 1 is 1.53 bits per heavy atom. The van der Waals surface area contributed by atoms with Crippen molar-refractivity contribution in [2.45, 2.75) is 69.9 Å². The van der Waals surface area contributed by atoms with Crippen molar-refractivity contribution >= 4 is 5.97 Å². The zero-order valence-electron chi connectivity index (χ0n) is 11.8. The second kappa shape index (κ2) is 4.06. The zero-order chi connectivity index (χ0) is 13.8. The van der Waals surface area contributed by atoms with Crippen molar-refractivity contribution < 1.29 is 19.4 Å². The monoisotopic (exact) mass is 266 g/mol. The van der Waals surface area contributed by atoms with Crippen LogP contribution >= 0.6 is 0 Å². The fraction of sp³-hybridized carbons (Fsp3) is 0.800. The SMILES string of the molecule is CC(C)=CC[C@H]1O[C@]1(C)C1CC(O)CCC12OC2=O. The van der Waals surface area contributed by atoms with E-state index in [1.54, 1.807) is 0 Å². The van der Waals surface area contributed by atoms with E-state index in [1.807, 2.05) is 0 Å². The number of epoxide rings is 2. The van der Waals surface area contributed by atoms with Gasteiger partial charge in [-0.1, -0.05) is 11.6 Å². The van der Waals surface area contributed by atoms with Crippen LogP contribution in [0.3, 0.4) is 0 Å². The molecular formula is C15H22O4. The van der Waals surface area contributed by atoms with Gasteiger partial charge in [-0.3, -0.25) is 0 Å². The summed E-state index contributed by atoms with van der Waals surface area (Å²) in [7, 11) is 0. The van der Waals surface area contributed by atoms with Crippen LogP contribution in [-0.4, -0.2) is 34.5 Å². The first kappa shape index (κ1) is 13.1. The second-order valence-electron chi connectivity index (χ2n) is 6.57. The van der Waals surface area contributed by atoms with E-state index in [1.165, 1.54) is 5.57 Å². The number of aliphatic hydroxyl groups excluding tert-OH is 1. The third kappa shape index (κ3) is 2.01. The predicted octanol–water partition coefficient (Wildman–Crippen LogP) is 1.96. The molecule has 3 unspecified atom stereocenters. The summed E-state index contributed by atoms with van der Waals surface area (Å²) >= 11 is 0. The van der Waals surface area contributed by atoms with Crippen LogP contribution < -0.4 is 0 Å². The third-order valence-electron chi connectivity index (χ3n) is 4.91. The summed E-state index contributed by atoms with van der Waals surface area (Å²) in [5.41, 5.74) is 0.308. The Labute approximate surface area is 113 Å². The summed E-state index contributed by atoms with van der Waals surface area (Å²) in [4.78, 5) is 11.7. The average molecular weight is 266 g/mol. The Morgan fingerprint density at radius 3 is 2.79 bits per heavy atom. The van der Waals surface area contributed by atoms with Gasteiger partial charge in [0, 0.05) is 12.3 Å². The van der Waals surface area contributed by atoms with Crippen LogP contribution in [0.4, 0.5) is 0 Å². The maximum Gasteiger partial charge on any atom is 0.352 e. The summed E-state index contributed by atoms with van der Waals surface area (Å²) in [6.45, 7) is 6.19. The van der Waals surface area contributed by atoms with Crippen LogP contribution in [0.25, 0.3) is 0 Å². The van der Waals surface area contributed by atoms with E-state index in [-0.39, 0.29) is 29.7 Å². The lowest BCUT2D eigenvalue weighted by Crippen LogP contribution is -2.44. The molecule has 0 aromatic rings. The molecule has 3 rings (SSSR count). The molecule has 3 aliphatic rings. The van der Waals surface area contributed by atoms with Gasteiger partial charge in [0.05, 0.1) is 17.8 Å². The molecule has 2 heterocycles. The van der Waals surface area contributed by atoms with Gasteiger partial charge in [-0.25, -0.2) is 4.79 Å². The molecule has 0 aromatic carbocycles. The molecular weight excluding hydrogens is 244 g/mol. The smallest absolute Gasteiger partial charge is 0.352 e. The maximum atomic E-state index is 11.7. The van der Waals surface area contributed by atoms with Crippen LogP contribution in [0.15, 0.2) is 11.6 Å². The van der Waals surface area contributed by atoms with Gasteiger partial charge in [0.1, 0.15) is 0 Å². The molecule has 4 nitrogen and oxygen atoms in total. The highest BCUT2D eigenvalue weighted by molar-refractivity contribution is 5.93. The number of carbonyl (C=O) groups is 1. The molecule has 1 spiro atoms. The normalized spacial score (nSPS) is 47.8. The molecule has 0 radical (unpaired) electrons. The second-order valence-corrected chi connectivity index (χ2v) is 6.57. The lowest BCUT2D eigenvalue weighted by molar-refractivity contribution is -0.117. The van der Waals surface area contributed by atoms with Crippen molar-refractivity contribution in [1.82, 2.24) is 0 Å². The maximum absolute atomic E-state index is 11.7. The van der Waals surface area contributed by atoms with Crippen molar-refractivity contribution in [3.63, 3.8) is 0 Å². The van der Waals surface area contributed by atoms with E-state index in [0.29, 0.717) is 19.3 Å². The standard InChI is InChI=1S/C15H22O4/c1-9(2)4-5-12-14(3,18-12)11-8-10(16)6-7-15(11)13(17)19-15/h4,10-12,16H,5-8H2,1-3H3/t10?,11?,12-,14-,15?/m1/s1. The summed E-state index contributed by atoms with van der Waals surface area (Å²) in [5.74, 6) is -0.117. The van der Waals surface area contributed by atoms with Gasteiger partial charge in [-0.05, 0) is 40.0 Å². The van der Waals surface area contributed by atoms with Crippen molar-refractivity contribution in [3.8, 4) is 0 Å². The van der Waals surface area contributed by atoms with Crippen LogP contribution in [0.2, 0.25) is 0 Å². The summed E-state index contributed by atoms with van der Waals surface area (Å²) in [5, 5.41) is 9.89. The summed E-state index contributed by atoms with van der Waals surface area (Å²) < 4.78 is 11.2. The Kier molecular flexibility index (Phi) is 2.81. The number of ether oxygens (including phenoxy) is 2. The number of aliphatic hydroxyl groups is 1. The number of carbonyl (C=O) groups excluding carboxylic acids is 1. The number of hydrogen-bond donors (Lipinski definition) is 1. The van der Waals surface area contributed by atoms with Gasteiger partial charge >= 0.3 is 5.97 Å². The molecule has 3 fully saturated rings. The number of hydrogen-bond acceptors (Lipinski definition) is 4. The first-order valence-corrected chi connectivity index (χ1v) is 7.11. The average Bonchev–Trinajstić information content (AvgIpc) is 3.19. The van der Waals surface area contributed by atoms with Crippen molar-refractivity contribution in [2.24, 2.45) is 5.92 Å². The molecule has 1 aliphatic carbocycles. The molecule has 0 amide bonds. The van der Waals surface area contributed by atoms with E-state index in [2.05, 4.69) is 26.8 Å². The zero-order valence-corrected chi connectivity index (χ0v) is 11.8. The Hall–Kier alpha value is -0.870. The fourth-order valence-corrected chi connectivity index (χ4v) is 3.54. The number of rotatable bonds is 3. The van der Waals surface area contributed by atoms with Gasteiger partial charge in [0.2, 0.25) is 5.60 Å². The van der Waals surface area contributed by atoms with E-state index in [4.69, 9.17) is 9.47 Å². The van der Waals surface area contributed by atoms with Gasteiger partial charge in [-0.15, -0.1) is 0 Å². The minimum absolute atomic E-state index is 0.00758. The van der Waals surface area contributed by atoms with Gasteiger partial charge in [0.15, 0.2) is 0 Å². The van der Waals surface area contributed by atoms with E-state index in [0.717, 1.165) is 6.42 Å². The highest BCUT2D eigenvalue weighted by atomic mass is 16.7. The van der Waals surface area contributed by atoms with Gasteiger partial charge in [0.25, 0.3) is 0 Å². The summed E-state index contributed by atoms with van der Waals surface area (Å²) in [6.07, 6.45) is 4.73. The molecule has 1 saturated carbocycles. The highest BCUT2D eigenvalue weighted by Gasteiger charge is 2.74. The molecule has 19 heavy (non-hydrogen) atoms. The molecule has 4 heteroatoms. The molecule has 0 aromatic heterocycles. The predicted molar refractivity (Wildman–Crippen MR) is 69.5 cm³/mol. The Bertz CT molecular complexity index is 439. The first-order chi connectivity index (χ1) is 8.88. The third-order valence-corrected chi connectivity index (χ3v) is 4.91. The van der Waals surface area contributed by atoms with Crippen LogP contribution in [0, 0.1) is 5.92 Å². The molecule has 5 atom stereocenters. The van der Waals surface area contributed by atoms with Crippen LogP contribution in [0.1, 0.15) is 46.5 Å². The van der Waals surface area contributed by atoms with Gasteiger partial charge in [-0.2, -0.15) is 0 Å². The molecule has 2 aliphatic heterocycles. The van der Waals surface area contributed by atoms with Crippen molar-refractivity contribution in [2.75, 3.05) is 0 Å². The topological polar surface area (TPSA) is 62.4 Å². The van der Waals surface area contributed by atoms with Crippen LogP contribution in [-0.2, 0) is 14.3 Å². The minimum atomic E-state index is -0.645. The quantitative estimate of drug-likeness (QED) is 0.626. The Balaban J connectivity index is 1.74. The molecule has 106 valence electrons. The van der Waals surface area contributed by atoms with E-state index < -0.39 is 5.60 Å². The van der Waals surface area contributed by atoms with E-state index in [9.17, 15) is 9.90 Å². The van der Waals surface area contributed by atoms with E-state index >= 15 is 0 Å². The summed E-state index contributed by atoms with van der Waals surface area (Å²) in [6, 6.07) is 0. The number of allylic oxidation sites excluding steroid dienone is 1. The highest BCUT2D eigenvalue weighted by Crippen LogP contribution is 2.59. The lowest BCUT2D eigenvalue weighted by Gasteiger charge is -2.32. The molecule has 0 bridgehead atoms. The molecule has 2 saturated heterocycles. The largest absolute Gasteiger partial charge is 0.444 e. The first-order valence-electron chi connectivity index (χ1n) is 7.11. The van der Waals surface area contributed by atoms with Crippen molar-refractivity contribution in [1.29, 1.82) is 0 Å². The fourth-order valence-electron chi connectivity index (χ4n) is 3.54. The van der Waals surface area contributed by atoms with Crippen LogP contribution in [0.5, 0.6) is 0 Å². The molecule has 1 N–H and O–H groups in total. The minimum Gasteiger partial charge on any atom is -0.444 e. The lowest BCUT2D eigenvalue weighted by atomic mass is 9.70. The Morgan fingerprint density at radius 2 is 2.21 bits per heavy atom. The van der Waals surface area contributed by atoms with Gasteiger partial charge < -0.3 is 14.6 Å². The van der Waals surface area contributed by atoms with Crippen molar-refractivity contribution in [3.05, 3.63) is 11.6 Å².